The van der Waals surface area contributed by atoms with Gasteiger partial charge in [0.15, 0.2) is 10.8 Å². The van der Waals surface area contributed by atoms with Crippen LogP contribution in [-0.2, 0) is 4.74 Å². The Labute approximate surface area is 109 Å². The summed E-state index contributed by atoms with van der Waals surface area (Å²) in [6, 6.07) is -0.570. The van der Waals surface area contributed by atoms with Gasteiger partial charge in [0, 0.05) is 18.0 Å². The highest BCUT2D eigenvalue weighted by atomic mass is 32.1. The molecule has 0 saturated heterocycles. The lowest BCUT2D eigenvalue weighted by Gasteiger charge is -2.02. The molecule has 2 amide bonds. The van der Waals surface area contributed by atoms with Gasteiger partial charge in [0.05, 0.1) is 6.61 Å². The van der Waals surface area contributed by atoms with Gasteiger partial charge in [-0.25, -0.2) is 14.6 Å². The van der Waals surface area contributed by atoms with Gasteiger partial charge in [0.2, 0.25) is 0 Å². The molecule has 0 aliphatic carbocycles. The number of carbonyl (C=O) groups is 2. The molecule has 1 aromatic rings. The fraction of sp³-hybridized carbons (Fsp3) is 0.500. The molecule has 7 nitrogen and oxygen atoms in total. The maximum Gasteiger partial charge on any atom is 0.358 e. The van der Waals surface area contributed by atoms with Crippen LogP contribution in [0.25, 0.3) is 0 Å². The van der Waals surface area contributed by atoms with E-state index >= 15 is 0 Å². The normalized spacial score (nSPS) is 9.89. The number of thiazole rings is 1. The van der Waals surface area contributed by atoms with E-state index in [2.05, 4.69) is 15.6 Å². The van der Waals surface area contributed by atoms with Gasteiger partial charge in [-0.1, -0.05) is 0 Å². The van der Waals surface area contributed by atoms with Crippen molar-refractivity contribution in [1.29, 1.82) is 0 Å². The van der Waals surface area contributed by atoms with E-state index in [1.807, 2.05) is 0 Å². The molecule has 1 heterocycles. The number of nitrogens with two attached hydrogens (primary N) is 1. The number of aromatic nitrogens is 1. The van der Waals surface area contributed by atoms with Crippen LogP contribution in [0, 0.1) is 6.92 Å². The highest BCUT2D eigenvalue weighted by Gasteiger charge is 2.15. The lowest BCUT2D eigenvalue weighted by atomic mass is 10.4. The van der Waals surface area contributed by atoms with E-state index in [1.54, 1.807) is 13.8 Å². The third kappa shape index (κ3) is 4.21. The van der Waals surface area contributed by atoms with Crippen molar-refractivity contribution in [2.24, 2.45) is 5.73 Å². The van der Waals surface area contributed by atoms with E-state index in [0.29, 0.717) is 30.5 Å². The fourth-order valence-electron chi connectivity index (χ4n) is 1.22. The van der Waals surface area contributed by atoms with E-state index in [1.165, 1.54) is 11.3 Å². The molecule has 1 aromatic heterocycles. The molecule has 0 aliphatic heterocycles. The molecule has 0 spiro atoms. The van der Waals surface area contributed by atoms with Crippen LogP contribution in [0.2, 0.25) is 0 Å². The number of rotatable bonds is 6. The molecule has 0 aliphatic rings. The summed E-state index contributed by atoms with van der Waals surface area (Å²) in [5, 5.41) is 6.04. The zero-order valence-corrected chi connectivity index (χ0v) is 11.1. The number of esters is 1. The first-order valence-corrected chi connectivity index (χ1v) is 6.28. The van der Waals surface area contributed by atoms with Gasteiger partial charge in [0.25, 0.3) is 0 Å². The third-order valence-electron chi connectivity index (χ3n) is 1.97. The van der Waals surface area contributed by atoms with Crippen molar-refractivity contribution < 1.29 is 14.3 Å². The molecule has 0 bridgehead atoms. The Hall–Kier alpha value is -1.83. The number of nitrogens with zero attached hydrogens (tertiary/aromatic N) is 1. The van der Waals surface area contributed by atoms with E-state index in [4.69, 9.17) is 10.5 Å². The molecule has 8 heteroatoms. The minimum absolute atomic E-state index is 0.321. The first-order chi connectivity index (χ1) is 8.54. The van der Waals surface area contributed by atoms with Gasteiger partial charge in [-0.15, -0.1) is 11.3 Å². The highest BCUT2D eigenvalue weighted by molar-refractivity contribution is 7.15. The minimum atomic E-state index is -0.570. The van der Waals surface area contributed by atoms with Crippen molar-refractivity contribution in [2.75, 3.05) is 25.0 Å². The molecule has 100 valence electrons. The van der Waals surface area contributed by atoms with Crippen LogP contribution in [0.1, 0.15) is 22.3 Å². The first-order valence-electron chi connectivity index (χ1n) is 5.46. The van der Waals surface area contributed by atoms with E-state index in [-0.39, 0.29) is 0 Å². The van der Waals surface area contributed by atoms with E-state index in [0.717, 1.165) is 4.88 Å². The Morgan fingerprint density at radius 3 is 2.78 bits per heavy atom. The second kappa shape index (κ2) is 6.80. The maximum absolute atomic E-state index is 11.5. The second-order valence-electron chi connectivity index (χ2n) is 3.36. The van der Waals surface area contributed by atoms with Crippen LogP contribution in [-0.4, -0.2) is 36.7 Å². The number of aryl methyl sites for hydroxylation is 1. The Bertz CT molecular complexity index is 433. The number of hydrogen-bond donors (Lipinski definition) is 3. The Balaban J connectivity index is 2.50. The number of hydrogen-bond acceptors (Lipinski definition) is 6. The highest BCUT2D eigenvalue weighted by Crippen LogP contribution is 2.22. The average Bonchev–Trinajstić information content (AvgIpc) is 2.66. The van der Waals surface area contributed by atoms with Crippen molar-refractivity contribution in [1.82, 2.24) is 10.3 Å². The monoisotopic (exact) mass is 272 g/mol. The summed E-state index contributed by atoms with van der Waals surface area (Å²) in [6.07, 6.45) is 0. The molecule has 4 N–H and O–H groups in total. The summed E-state index contributed by atoms with van der Waals surface area (Å²) >= 11 is 1.36. The maximum atomic E-state index is 11.5. The van der Waals surface area contributed by atoms with Crippen molar-refractivity contribution >= 4 is 28.5 Å². The van der Waals surface area contributed by atoms with Crippen LogP contribution in [0.5, 0.6) is 0 Å². The molecule has 18 heavy (non-hydrogen) atoms. The van der Waals surface area contributed by atoms with E-state index < -0.39 is 12.0 Å². The van der Waals surface area contributed by atoms with Crippen LogP contribution in [0.4, 0.5) is 9.93 Å². The zero-order valence-electron chi connectivity index (χ0n) is 10.3. The molecule has 1 rings (SSSR count). The number of urea groups is 1. The van der Waals surface area contributed by atoms with Gasteiger partial charge in [0.1, 0.15) is 0 Å². The number of anilines is 1. The van der Waals surface area contributed by atoms with Crippen LogP contribution < -0.4 is 16.4 Å². The summed E-state index contributed by atoms with van der Waals surface area (Å²) in [7, 11) is 0. The molecule has 0 fully saturated rings. The number of amides is 2. The van der Waals surface area contributed by atoms with E-state index in [9.17, 15) is 9.59 Å². The smallest absolute Gasteiger partial charge is 0.358 e. The van der Waals surface area contributed by atoms with Gasteiger partial charge in [-0.2, -0.15) is 0 Å². The number of carbonyl (C=O) groups excluding carboxylic acids is 2. The molecule has 0 atom stereocenters. The average molecular weight is 272 g/mol. The topological polar surface area (TPSA) is 106 Å². The van der Waals surface area contributed by atoms with Crippen LogP contribution >= 0.6 is 11.3 Å². The largest absolute Gasteiger partial charge is 0.461 e. The molecule has 0 radical (unpaired) electrons. The fourth-order valence-corrected chi connectivity index (χ4v) is 2.04. The third-order valence-corrected chi connectivity index (χ3v) is 2.89. The Morgan fingerprint density at radius 1 is 1.44 bits per heavy atom. The minimum Gasteiger partial charge on any atom is -0.461 e. The number of nitrogens with one attached hydrogen (secondary N) is 2. The van der Waals surface area contributed by atoms with Gasteiger partial charge in [-0.3, -0.25) is 0 Å². The summed E-state index contributed by atoms with van der Waals surface area (Å²) in [5.41, 5.74) is 5.25. The first kappa shape index (κ1) is 14.2. The summed E-state index contributed by atoms with van der Waals surface area (Å²) in [4.78, 5) is 26.9. The standard InChI is InChI=1S/C10H16N4O3S/c1-3-17-8(15)7-6(2)18-10(14-7)13-5-4-12-9(11)16/h3-5H2,1-2H3,(H,13,14)(H3,11,12,16). The quantitative estimate of drug-likeness (QED) is 0.522. The Morgan fingerprint density at radius 2 is 2.17 bits per heavy atom. The predicted molar refractivity (Wildman–Crippen MR) is 68.9 cm³/mol. The van der Waals surface area contributed by atoms with Crippen molar-refractivity contribution in [2.45, 2.75) is 13.8 Å². The number of primary amides is 1. The molecular weight excluding hydrogens is 256 g/mol. The van der Waals surface area contributed by atoms with Gasteiger partial charge >= 0.3 is 12.0 Å². The molecule has 0 saturated carbocycles. The lowest BCUT2D eigenvalue weighted by Crippen LogP contribution is -2.33. The van der Waals surface area contributed by atoms with Gasteiger partial charge < -0.3 is 21.1 Å². The van der Waals surface area contributed by atoms with Crippen molar-refractivity contribution in [3.8, 4) is 0 Å². The SMILES string of the molecule is CCOC(=O)c1nc(NCCNC(N)=O)sc1C. The second-order valence-corrected chi connectivity index (χ2v) is 4.57. The number of ether oxygens (including phenoxy) is 1. The van der Waals surface area contributed by atoms with Crippen molar-refractivity contribution in [3.63, 3.8) is 0 Å². The van der Waals surface area contributed by atoms with Gasteiger partial charge in [-0.05, 0) is 13.8 Å². The van der Waals surface area contributed by atoms with Crippen LogP contribution in [0.3, 0.4) is 0 Å². The van der Waals surface area contributed by atoms with Crippen LogP contribution in [0.15, 0.2) is 0 Å². The summed E-state index contributed by atoms with van der Waals surface area (Å²) in [6.45, 7) is 4.74. The predicted octanol–water partition coefficient (Wildman–Crippen LogP) is 0.708. The lowest BCUT2D eigenvalue weighted by molar-refractivity contribution is 0.0519. The molecule has 0 aromatic carbocycles. The van der Waals surface area contributed by atoms with Crippen molar-refractivity contribution in [3.05, 3.63) is 10.6 Å². The molecule has 0 unspecified atom stereocenters. The zero-order chi connectivity index (χ0) is 13.5. The molecular formula is C10H16N4O3S. The summed E-state index contributed by atoms with van der Waals surface area (Å²) < 4.78 is 4.88. The Kier molecular flexibility index (Phi) is 5.37. The summed E-state index contributed by atoms with van der Waals surface area (Å²) in [5.74, 6) is -0.422.